The number of aliphatic hydroxyl groups is 1. The van der Waals surface area contributed by atoms with Gasteiger partial charge in [0, 0.05) is 30.7 Å². The number of fused-ring (bicyclic) bond motifs is 1. The maximum Gasteiger partial charge on any atom is 0.295 e. The van der Waals surface area contributed by atoms with Crippen LogP contribution in [0.15, 0.2) is 48.0 Å². The van der Waals surface area contributed by atoms with Crippen LogP contribution in [0.1, 0.15) is 49.9 Å². The van der Waals surface area contributed by atoms with Crippen LogP contribution in [0.2, 0.25) is 0 Å². The average Bonchev–Trinajstić information content (AvgIpc) is 3.37. The molecule has 1 amide bonds. The molecule has 2 aromatic rings. The third-order valence-corrected chi connectivity index (χ3v) is 6.90. The molecule has 2 heterocycles. The zero-order chi connectivity index (χ0) is 26.0. The van der Waals surface area contributed by atoms with Crippen molar-refractivity contribution in [1.29, 1.82) is 0 Å². The summed E-state index contributed by atoms with van der Waals surface area (Å²) in [4.78, 5) is 40.7. The minimum Gasteiger partial charge on any atom is -0.507 e. The van der Waals surface area contributed by atoms with Gasteiger partial charge in [-0.1, -0.05) is 13.8 Å². The maximum absolute atomic E-state index is 13.2. The third kappa shape index (κ3) is 4.83. The van der Waals surface area contributed by atoms with Gasteiger partial charge in [0.2, 0.25) is 0 Å². The SMILES string of the molecule is CCN(CC)CCCN1C(=O)C(=O)C(=C(O)c2ccc3c(c2)CC(C)O3)C1c1ccc([N+](=O)[O-])cc1. The molecule has 0 aliphatic carbocycles. The minimum atomic E-state index is -0.842. The number of amides is 1. The number of aliphatic hydroxyl groups excluding tert-OH is 1. The highest BCUT2D eigenvalue weighted by Gasteiger charge is 2.46. The molecule has 0 aromatic heterocycles. The number of non-ortho nitro benzene ring substituents is 1. The van der Waals surface area contributed by atoms with E-state index in [2.05, 4.69) is 18.7 Å². The van der Waals surface area contributed by atoms with Crippen molar-refractivity contribution in [2.24, 2.45) is 0 Å². The summed E-state index contributed by atoms with van der Waals surface area (Å²) < 4.78 is 5.74. The number of nitrogens with zero attached hydrogens (tertiary/aromatic N) is 3. The molecule has 0 saturated carbocycles. The van der Waals surface area contributed by atoms with E-state index in [1.54, 1.807) is 18.2 Å². The van der Waals surface area contributed by atoms with Gasteiger partial charge in [-0.2, -0.15) is 0 Å². The van der Waals surface area contributed by atoms with Gasteiger partial charge in [0.15, 0.2) is 0 Å². The number of rotatable bonds is 9. The lowest BCUT2D eigenvalue weighted by Gasteiger charge is -2.26. The summed E-state index contributed by atoms with van der Waals surface area (Å²) in [6.45, 7) is 8.91. The molecule has 190 valence electrons. The molecule has 4 rings (SSSR count). The average molecular weight is 494 g/mol. The number of ether oxygens (including phenoxy) is 1. The molecule has 2 atom stereocenters. The fourth-order valence-electron chi connectivity index (χ4n) is 4.96. The normalized spacial score (nSPS) is 20.6. The van der Waals surface area contributed by atoms with Crippen LogP contribution in [0.4, 0.5) is 5.69 Å². The van der Waals surface area contributed by atoms with Crippen LogP contribution < -0.4 is 4.74 Å². The quantitative estimate of drug-likeness (QED) is 0.184. The number of likely N-dealkylation sites (tertiary alicyclic amines) is 1. The van der Waals surface area contributed by atoms with Gasteiger partial charge in [0.05, 0.1) is 16.5 Å². The monoisotopic (exact) mass is 493 g/mol. The number of Topliss-reactive ketones (excluding diaryl/α,β-unsaturated/α-hetero) is 1. The van der Waals surface area contributed by atoms with Gasteiger partial charge in [0.1, 0.15) is 17.6 Å². The van der Waals surface area contributed by atoms with Crippen LogP contribution >= 0.6 is 0 Å². The highest BCUT2D eigenvalue weighted by molar-refractivity contribution is 6.46. The first-order chi connectivity index (χ1) is 17.2. The summed E-state index contributed by atoms with van der Waals surface area (Å²) in [7, 11) is 0. The Labute approximate surface area is 210 Å². The van der Waals surface area contributed by atoms with Crippen molar-refractivity contribution < 1.29 is 24.4 Å². The largest absolute Gasteiger partial charge is 0.507 e. The van der Waals surface area contributed by atoms with Crippen molar-refractivity contribution in [3.05, 3.63) is 74.8 Å². The lowest BCUT2D eigenvalue weighted by Crippen LogP contribution is -2.33. The van der Waals surface area contributed by atoms with Crippen molar-refractivity contribution in [2.45, 2.75) is 45.8 Å². The first kappa shape index (κ1) is 25.4. The van der Waals surface area contributed by atoms with E-state index in [0.29, 0.717) is 30.5 Å². The van der Waals surface area contributed by atoms with Crippen molar-refractivity contribution >= 4 is 23.1 Å². The molecule has 0 spiro atoms. The molecule has 36 heavy (non-hydrogen) atoms. The second-order valence-corrected chi connectivity index (χ2v) is 9.18. The molecule has 9 heteroatoms. The molecule has 0 radical (unpaired) electrons. The number of carbonyl (C=O) groups excluding carboxylic acids is 2. The van der Waals surface area contributed by atoms with E-state index >= 15 is 0 Å². The standard InChI is InChI=1S/C27H31N3O6/c1-4-28(5-2)13-6-14-29-24(18-7-10-21(11-8-18)30(34)35)23(26(32)27(29)33)25(31)19-9-12-22-20(16-19)15-17(3)36-22/h7-12,16-17,24,31H,4-6,13-15H2,1-3H3. The van der Waals surface area contributed by atoms with E-state index in [9.17, 15) is 24.8 Å². The summed E-state index contributed by atoms with van der Waals surface area (Å²) in [6.07, 6.45) is 1.35. The van der Waals surface area contributed by atoms with Gasteiger partial charge < -0.3 is 19.6 Å². The summed E-state index contributed by atoms with van der Waals surface area (Å²) in [5.74, 6) is -0.963. The van der Waals surface area contributed by atoms with Crippen molar-refractivity contribution in [2.75, 3.05) is 26.2 Å². The van der Waals surface area contributed by atoms with Gasteiger partial charge in [-0.05, 0) is 74.4 Å². The Balaban J connectivity index is 1.74. The molecule has 2 unspecified atom stereocenters. The van der Waals surface area contributed by atoms with Gasteiger partial charge in [0.25, 0.3) is 17.4 Å². The number of ketones is 1. The minimum absolute atomic E-state index is 0.0105. The Bertz CT molecular complexity index is 1200. The molecule has 2 aliphatic rings. The zero-order valence-corrected chi connectivity index (χ0v) is 20.8. The Kier molecular flexibility index (Phi) is 7.40. The highest BCUT2D eigenvalue weighted by Crippen LogP contribution is 2.41. The number of hydrogen-bond acceptors (Lipinski definition) is 7. The topological polar surface area (TPSA) is 113 Å². The molecule has 9 nitrogen and oxygen atoms in total. The second-order valence-electron chi connectivity index (χ2n) is 9.18. The molecule has 2 aromatic carbocycles. The molecular formula is C27H31N3O6. The lowest BCUT2D eigenvalue weighted by molar-refractivity contribution is -0.384. The van der Waals surface area contributed by atoms with Crippen LogP contribution in [0, 0.1) is 10.1 Å². The lowest BCUT2D eigenvalue weighted by atomic mass is 9.94. The van der Waals surface area contributed by atoms with Crippen LogP contribution in [0.5, 0.6) is 5.75 Å². The van der Waals surface area contributed by atoms with E-state index in [4.69, 9.17) is 4.74 Å². The second kappa shape index (κ2) is 10.5. The van der Waals surface area contributed by atoms with E-state index < -0.39 is 22.7 Å². The Morgan fingerprint density at radius 2 is 1.86 bits per heavy atom. The van der Waals surface area contributed by atoms with Crippen LogP contribution in [0.3, 0.4) is 0 Å². The summed E-state index contributed by atoms with van der Waals surface area (Å²) in [5.41, 5.74) is 1.78. The number of nitro groups is 1. The Hall–Kier alpha value is -3.72. The molecule has 1 N–H and O–H groups in total. The number of hydrogen-bond donors (Lipinski definition) is 1. The van der Waals surface area contributed by atoms with Crippen molar-refractivity contribution in [3.63, 3.8) is 0 Å². The first-order valence-electron chi connectivity index (χ1n) is 12.3. The fourth-order valence-corrected chi connectivity index (χ4v) is 4.96. The van der Waals surface area contributed by atoms with E-state index in [1.807, 2.05) is 6.92 Å². The number of carbonyl (C=O) groups is 2. The van der Waals surface area contributed by atoms with Crippen LogP contribution in [-0.2, 0) is 16.0 Å². The van der Waals surface area contributed by atoms with E-state index in [-0.39, 0.29) is 23.1 Å². The van der Waals surface area contributed by atoms with E-state index in [0.717, 1.165) is 30.9 Å². The van der Waals surface area contributed by atoms with Crippen LogP contribution in [0.25, 0.3) is 5.76 Å². The van der Waals surface area contributed by atoms with E-state index in [1.165, 1.54) is 29.2 Å². The Morgan fingerprint density at radius 1 is 1.17 bits per heavy atom. The molecular weight excluding hydrogens is 462 g/mol. The van der Waals surface area contributed by atoms with Gasteiger partial charge in [-0.15, -0.1) is 0 Å². The number of nitro benzene ring substituents is 1. The maximum atomic E-state index is 13.2. The van der Waals surface area contributed by atoms with Crippen molar-refractivity contribution in [3.8, 4) is 5.75 Å². The Morgan fingerprint density at radius 3 is 2.50 bits per heavy atom. The van der Waals surface area contributed by atoms with Gasteiger partial charge in [-0.25, -0.2) is 0 Å². The van der Waals surface area contributed by atoms with Crippen LogP contribution in [-0.4, -0.2) is 63.8 Å². The predicted molar refractivity (Wildman–Crippen MR) is 135 cm³/mol. The summed E-state index contributed by atoms with van der Waals surface area (Å²) >= 11 is 0. The molecule has 1 saturated heterocycles. The summed E-state index contributed by atoms with van der Waals surface area (Å²) in [6, 6.07) is 10.1. The molecule has 0 bridgehead atoms. The fraction of sp³-hybridized carbons (Fsp3) is 0.407. The van der Waals surface area contributed by atoms with Gasteiger partial charge in [-0.3, -0.25) is 19.7 Å². The third-order valence-electron chi connectivity index (χ3n) is 6.90. The first-order valence-corrected chi connectivity index (χ1v) is 12.3. The van der Waals surface area contributed by atoms with Crippen molar-refractivity contribution in [1.82, 2.24) is 9.80 Å². The molecule has 2 aliphatic heterocycles. The smallest absolute Gasteiger partial charge is 0.295 e. The molecule has 1 fully saturated rings. The zero-order valence-electron chi connectivity index (χ0n) is 20.8. The summed E-state index contributed by atoms with van der Waals surface area (Å²) in [5, 5.41) is 22.5. The predicted octanol–water partition coefficient (Wildman–Crippen LogP) is 4.07. The highest BCUT2D eigenvalue weighted by atomic mass is 16.6. The van der Waals surface area contributed by atoms with Gasteiger partial charge >= 0.3 is 0 Å². The number of benzene rings is 2.